The number of likely N-dealkylation sites (N-methyl/N-ethyl adjacent to an activating group) is 1. The molecule has 0 radical (unpaired) electrons. The van der Waals surface area contributed by atoms with Gasteiger partial charge in [-0.1, -0.05) is 31.2 Å². The lowest BCUT2D eigenvalue weighted by Crippen LogP contribution is -2.46. The summed E-state index contributed by atoms with van der Waals surface area (Å²) in [6.45, 7) is 8.02. The van der Waals surface area contributed by atoms with Gasteiger partial charge in [-0.3, -0.25) is 9.69 Å². The third-order valence-corrected chi connectivity index (χ3v) is 5.68. The van der Waals surface area contributed by atoms with Gasteiger partial charge in [-0.2, -0.15) is 0 Å². The standard InChI is InChI=1S/C23H29N5O/c1-3-18-4-6-19(7-5-18)21-17-28-16-20(8-9-22(28)25-21)23(29)24-10-11-27-14-12-26(2)13-15-27/h4-9,16-17H,3,10-15H2,1-2H3,(H,24,29). The second-order valence-corrected chi connectivity index (χ2v) is 7.76. The Morgan fingerprint density at radius 3 is 2.52 bits per heavy atom. The van der Waals surface area contributed by atoms with Crippen LogP contribution in [0.4, 0.5) is 0 Å². The van der Waals surface area contributed by atoms with E-state index in [4.69, 9.17) is 0 Å². The van der Waals surface area contributed by atoms with E-state index in [-0.39, 0.29) is 5.91 Å². The molecule has 3 aromatic rings. The van der Waals surface area contributed by atoms with Crippen molar-refractivity contribution >= 4 is 11.6 Å². The van der Waals surface area contributed by atoms with E-state index in [9.17, 15) is 4.79 Å². The molecule has 0 atom stereocenters. The summed E-state index contributed by atoms with van der Waals surface area (Å²) in [4.78, 5) is 22.0. The van der Waals surface area contributed by atoms with Gasteiger partial charge in [0, 0.05) is 57.2 Å². The van der Waals surface area contributed by atoms with Gasteiger partial charge in [-0.25, -0.2) is 4.98 Å². The van der Waals surface area contributed by atoms with Crippen molar-refractivity contribution in [3.8, 4) is 11.3 Å². The fourth-order valence-corrected chi connectivity index (χ4v) is 3.68. The molecule has 3 heterocycles. The average molecular weight is 392 g/mol. The number of aryl methyl sites for hydroxylation is 1. The van der Waals surface area contributed by atoms with E-state index in [1.54, 1.807) is 0 Å². The fourth-order valence-electron chi connectivity index (χ4n) is 3.68. The molecule has 0 bridgehead atoms. The summed E-state index contributed by atoms with van der Waals surface area (Å²) in [5.41, 5.74) is 4.81. The van der Waals surface area contributed by atoms with Gasteiger partial charge in [0.25, 0.3) is 5.91 Å². The molecule has 152 valence electrons. The zero-order valence-electron chi connectivity index (χ0n) is 17.3. The second kappa shape index (κ2) is 8.76. The van der Waals surface area contributed by atoms with Crippen LogP contribution in [0.2, 0.25) is 0 Å². The number of nitrogens with one attached hydrogen (secondary N) is 1. The highest BCUT2D eigenvalue weighted by atomic mass is 16.1. The Balaban J connectivity index is 1.39. The Bertz CT molecular complexity index is 971. The van der Waals surface area contributed by atoms with Crippen LogP contribution in [0.25, 0.3) is 16.9 Å². The number of fused-ring (bicyclic) bond motifs is 1. The molecule has 6 heteroatoms. The van der Waals surface area contributed by atoms with E-state index < -0.39 is 0 Å². The molecule has 29 heavy (non-hydrogen) atoms. The van der Waals surface area contributed by atoms with Crippen molar-refractivity contribution in [1.82, 2.24) is 24.5 Å². The number of nitrogens with zero attached hydrogens (tertiary/aromatic N) is 4. The maximum atomic E-state index is 12.6. The van der Waals surface area contributed by atoms with Gasteiger partial charge in [0.15, 0.2) is 0 Å². The van der Waals surface area contributed by atoms with Gasteiger partial charge >= 0.3 is 0 Å². The minimum Gasteiger partial charge on any atom is -0.351 e. The highest BCUT2D eigenvalue weighted by molar-refractivity contribution is 5.94. The van der Waals surface area contributed by atoms with E-state index >= 15 is 0 Å². The van der Waals surface area contributed by atoms with Crippen LogP contribution < -0.4 is 5.32 Å². The first-order valence-corrected chi connectivity index (χ1v) is 10.4. The number of carbonyl (C=O) groups excluding carboxylic acids is 1. The second-order valence-electron chi connectivity index (χ2n) is 7.76. The molecule has 0 aliphatic carbocycles. The first-order valence-electron chi connectivity index (χ1n) is 10.4. The van der Waals surface area contributed by atoms with Crippen molar-refractivity contribution in [3.63, 3.8) is 0 Å². The lowest BCUT2D eigenvalue weighted by atomic mass is 10.1. The van der Waals surface area contributed by atoms with E-state index in [1.165, 1.54) is 5.56 Å². The maximum Gasteiger partial charge on any atom is 0.252 e. The summed E-state index contributed by atoms with van der Waals surface area (Å²) in [7, 11) is 2.15. The van der Waals surface area contributed by atoms with Crippen molar-refractivity contribution in [1.29, 1.82) is 0 Å². The van der Waals surface area contributed by atoms with Crippen LogP contribution in [0.15, 0.2) is 48.8 Å². The van der Waals surface area contributed by atoms with Crippen LogP contribution in [0.5, 0.6) is 0 Å². The van der Waals surface area contributed by atoms with Gasteiger partial charge in [0.05, 0.1) is 11.3 Å². The Labute approximate surface area is 172 Å². The molecule has 1 aromatic carbocycles. The number of imidazole rings is 1. The minimum atomic E-state index is -0.0384. The monoisotopic (exact) mass is 391 g/mol. The lowest BCUT2D eigenvalue weighted by molar-refractivity contribution is 0.0940. The molecule has 1 fully saturated rings. The molecule has 4 rings (SSSR count). The van der Waals surface area contributed by atoms with E-state index in [2.05, 4.69) is 58.3 Å². The first kappa shape index (κ1) is 19.6. The molecule has 1 amide bonds. The van der Waals surface area contributed by atoms with Crippen LogP contribution in [0.3, 0.4) is 0 Å². The topological polar surface area (TPSA) is 52.9 Å². The molecule has 1 aliphatic rings. The number of pyridine rings is 1. The van der Waals surface area contributed by atoms with Crippen molar-refractivity contribution in [2.75, 3.05) is 46.3 Å². The maximum absolute atomic E-state index is 12.6. The molecule has 1 N–H and O–H groups in total. The fraction of sp³-hybridized carbons (Fsp3) is 0.391. The van der Waals surface area contributed by atoms with Crippen LogP contribution in [-0.4, -0.2) is 71.4 Å². The Kier molecular flexibility index (Phi) is 5.92. The molecule has 2 aromatic heterocycles. The zero-order valence-corrected chi connectivity index (χ0v) is 17.3. The van der Waals surface area contributed by atoms with Crippen LogP contribution >= 0.6 is 0 Å². The molecular formula is C23H29N5O. The van der Waals surface area contributed by atoms with Crippen LogP contribution in [0, 0.1) is 0 Å². The van der Waals surface area contributed by atoms with E-state index in [0.29, 0.717) is 12.1 Å². The van der Waals surface area contributed by atoms with Crippen molar-refractivity contribution in [2.45, 2.75) is 13.3 Å². The number of amides is 1. The number of hydrogen-bond acceptors (Lipinski definition) is 4. The summed E-state index contributed by atoms with van der Waals surface area (Å²) in [5.74, 6) is -0.0384. The van der Waals surface area contributed by atoms with E-state index in [1.807, 2.05) is 28.9 Å². The Morgan fingerprint density at radius 1 is 1.03 bits per heavy atom. The normalized spacial score (nSPS) is 15.7. The number of hydrogen-bond donors (Lipinski definition) is 1. The average Bonchev–Trinajstić information content (AvgIpc) is 3.18. The molecule has 0 saturated carbocycles. The van der Waals surface area contributed by atoms with Crippen molar-refractivity contribution < 1.29 is 4.79 Å². The van der Waals surface area contributed by atoms with E-state index in [0.717, 1.165) is 56.0 Å². The van der Waals surface area contributed by atoms with Gasteiger partial charge in [0.2, 0.25) is 0 Å². The molecule has 1 aliphatic heterocycles. The van der Waals surface area contributed by atoms with Crippen molar-refractivity contribution in [2.24, 2.45) is 0 Å². The number of aromatic nitrogens is 2. The van der Waals surface area contributed by atoms with Crippen LogP contribution in [0.1, 0.15) is 22.8 Å². The molecule has 1 saturated heterocycles. The highest BCUT2D eigenvalue weighted by Crippen LogP contribution is 2.20. The summed E-state index contributed by atoms with van der Waals surface area (Å²) in [5, 5.41) is 3.05. The third kappa shape index (κ3) is 4.66. The number of piperazine rings is 1. The number of benzene rings is 1. The summed E-state index contributed by atoms with van der Waals surface area (Å²) in [6, 6.07) is 12.2. The predicted octanol–water partition coefficient (Wildman–Crippen LogP) is 2.54. The summed E-state index contributed by atoms with van der Waals surface area (Å²) in [6.07, 6.45) is 4.87. The third-order valence-electron chi connectivity index (χ3n) is 5.68. The Morgan fingerprint density at radius 2 is 1.79 bits per heavy atom. The molecule has 0 spiro atoms. The smallest absolute Gasteiger partial charge is 0.252 e. The van der Waals surface area contributed by atoms with Gasteiger partial charge in [-0.15, -0.1) is 0 Å². The molecule has 0 unspecified atom stereocenters. The summed E-state index contributed by atoms with van der Waals surface area (Å²) < 4.78 is 1.93. The lowest BCUT2D eigenvalue weighted by Gasteiger charge is -2.32. The summed E-state index contributed by atoms with van der Waals surface area (Å²) >= 11 is 0. The van der Waals surface area contributed by atoms with Crippen LogP contribution in [-0.2, 0) is 6.42 Å². The largest absolute Gasteiger partial charge is 0.351 e. The first-order chi connectivity index (χ1) is 14.1. The van der Waals surface area contributed by atoms with Crippen molar-refractivity contribution in [3.05, 3.63) is 59.9 Å². The highest BCUT2D eigenvalue weighted by Gasteiger charge is 2.14. The quantitative estimate of drug-likeness (QED) is 0.702. The Hall–Kier alpha value is -2.70. The zero-order chi connectivity index (χ0) is 20.2. The molecule has 6 nitrogen and oxygen atoms in total. The van der Waals surface area contributed by atoms with Gasteiger partial charge in [0.1, 0.15) is 5.65 Å². The van der Waals surface area contributed by atoms with Gasteiger partial charge in [-0.05, 0) is 31.2 Å². The predicted molar refractivity (Wildman–Crippen MR) is 116 cm³/mol. The minimum absolute atomic E-state index is 0.0384. The number of rotatable bonds is 6. The van der Waals surface area contributed by atoms with Gasteiger partial charge < -0.3 is 14.6 Å². The SMILES string of the molecule is CCc1ccc(-c2cn3cc(C(=O)NCCN4CCN(C)CC4)ccc3n2)cc1. The number of carbonyl (C=O) groups is 1. The molecular weight excluding hydrogens is 362 g/mol.